The molecule has 0 aliphatic heterocycles. The molecule has 0 fully saturated rings. The quantitative estimate of drug-likeness (QED) is 0.178. The number of rotatable bonds is 4. The van der Waals surface area contributed by atoms with Crippen molar-refractivity contribution in [1.29, 1.82) is 0 Å². The van der Waals surface area contributed by atoms with Gasteiger partial charge in [-0.2, -0.15) is 17.7 Å². The number of alkyl halides is 3. The fourth-order valence-electron chi connectivity index (χ4n) is 3.04. The molecule has 0 saturated carbocycles. The van der Waals surface area contributed by atoms with E-state index in [4.69, 9.17) is 13.0 Å². The normalized spacial score (nSPS) is 11.3. The molecule has 0 atom stereocenters. The van der Waals surface area contributed by atoms with Crippen LogP contribution in [0, 0.1) is 0 Å². The van der Waals surface area contributed by atoms with Crippen LogP contribution in [-0.4, -0.2) is 24.3 Å². The molecule has 0 amide bonds. The second-order valence-corrected chi connectivity index (χ2v) is 8.34. The van der Waals surface area contributed by atoms with E-state index in [-0.39, 0.29) is 5.78 Å². The van der Waals surface area contributed by atoms with Crippen LogP contribution >= 0.6 is 0 Å². The minimum Gasteiger partial charge on any atom is -0.741 e. The Balaban J connectivity index is 0.000000350. The molecule has 0 radical (unpaired) electrons. The number of aromatic nitrogens is 1. The van der Waals surface area contributed by atoms with Crippen molar-refractivity contribution >= 4 is 15.9 Å². The molecule has 0 saturated heterocycles. The summed E-state index contributed by atoms with van der Waals surface area (Å²) in [5.74, 6) is 0.0230. The van der Waals surface area contributed by atoms with Gasteiger partial charge < -0.3 is 4.55 Å². The van der Waals surface area contributed by atoms with Crippen LogP contribution in [0.1, 0.15) is 15.9 Å². The lowest BCUT2D eigenvalue weighted by atomic mass is 10.0. The Morgan fingerprint density at radius 1 is 0.706 bits per heavy atom. The fraction of sp³-hybridized carbons (Fsp3) is 0.0400. The van der Waals surface area contributed by atoms with Crippen LogP contribution in [0.3, 0.4) is 0 Å². The molecule has 5 nitrogen and oxygen atoms in total. The number of carbonyl (C=O) groups is 1. The molecule has 0 unspecified atom stereocenters. The summed E-state index contributed by atoms with van der Waals surface area (Å²) in [7, 11) is -6.09. The van der Waals surface area contributed by atoms with Crippen LogP contribution in [0.4, 0.5) is 13.2 Å². The monoisotopic (exact) mass is 485 g/mol. The van der Waals surface area contributed by atoms with Crippen LogP contribution < -0.4 is 4.57 Å². The van der Waals surface area contributed by atoms with E-state index in [1.165, 1.54) is 0 Å². The second kappa shape index (κ2) is 10.4. The molecule has 0 aliphatic carbocycles. The van der Waals surface area contributed by atoms with Gasteiger partial charge in [-0.1, -0.05) is 66.7 Å². The lowest BCUT2D eigenvalue weighted by Gasteiger charge is -2.08. The number of benzene rings is 3. The number of carbonyl (C=O) groups excluding carboxylic acids is 1. The zero-order valence-corrected chi connectivity index (χ0v) is 18.3. The van der Waals surface area contributed by atoms with E-state index in [0.717, 1.165) is 16.9 Å². The zero-order valence-electron chi connectivity index (χ0n) is 17.5. The van der Waals surface area contributed by atoms with Gasteiger partial charge in [0, 0.05) is 29.3 Å². The third kappa shape index (κ3) is 6.15. The third-order valence-electron chi connectivity index (χ3n) is 4.63. The minimum atomic E-state index is -6.09. The van der Waals surface area contributed by atoms with E-state index in [9.17, 15) is 18.0 Å². The van der Waals surface area contributed by atoms with Gasteiger partial charge in [-0.15, -0.1) is 0 Å². The second-order valence-electron chi connectivity index (χ2n) is 6.97. The highest BCUT2D eigenvalue weighted by Gasteiger charge is 2.36. The molecule has 0 aliphatic rings. The van der Waals surface area contributed by atoms with Gasteiger partial charge in [0.05, 0.1) is 5.56 Å². The first-order valence-corrected chi connectivity index (χ1v) is 11.3. The Kier molecular flexibility index (Phi) is 7.60. The SMILES string of the molecule is O=C(c1ccccc1)c1ccc(-c2ccccc2)[n+](-c2ccccc2)c1.O=S(=O)([O-])C(F)(F)F. The number of ketones is 1. The van der Waals surface area contributed by atoms with Gasteiger partial charge in [0.1, 0.15) is 0 Å². The molecule has 1 aromatic heterocycles. The fourth-order valence-corrected chi connectivity index (χ4v) is 3.04. The first-order valence-electron chi connectivity index (χ1n) is 9.86. The van der Waals surface area contributed by atoms with Gasteiger partial charge in [-0.05, 0) is 18.2 Å². The van der Waals surface area contributed by atoms with E-state index >= 15 is 0 Å². The Hall–Kier alpha value is -3.82. The van der Waals surface area contributed by atoms with Crippen LogP contribution in [0.15, 0.2) is 109 Å². The number of hydrogen-bond acceptors (Lipinski definition) is 4. The Morgan fingerprint density at radius 3 is 1.68 bits per heavy atom. The van der Waals surface area contributed by atoms with Gasteiger partial charge in [-0.3, -0.25) is 4.79 Å². The lowest BCUT2D eigenvalue weighted by molar-refractivity contribution is -0.584. The summed E-state index contributed by atoms with van der Waals surface area (Å²) >= 11 is 0. The summed E-state index contributed by atoms with van der Waals surface area (Å²) in [5, 5.41) is 0. The maximum atomic E-state index is 12.9. The molecule has 0 N–H and O–H groups in total. The van der Waals surface area contributed by atoms with Gasteiger partial charge in [0.15, 0.2) is 22.1 Å². The van der Waals surface area contributed by atoms with Crippen molar-refractivity contribution in [2.24, 2.45) is 0 Å². The molecule has 3 aromatic carbocycles. The number of nitrogens with zero attached hydrogens (tertiary/aromatic N) is 1. The smallest absolute Gasteiger partial charge is 0.485 e. The van der Waals surface area contributed by atoms with Crippen molar-refractivity contribution in [3.8, 4) is 16.9 Å². The Labute approximate surface area is 194 Å². The van der Waals surface area contributed by atoms with Crippen molar-refractivity contribution in [3.05, 3.63) is 120 Å². The number of halogens is 3. The molecule has 1 heterocycles. The largest absolute Gasteiger partial charge is 0.741 e. The highest BCUT2D eigenvalue weighted by molar-refractivity contribution is 7.86. The van der Waals surface area contributed by atoms with Crippen molar-refractivity contribution in [2.45, 2.75) is 5.51 Å². The first-order chi connectivity index (χ1) is 16.1. The minimum absolute atomic E-state index is 0.0230. The van der Waals surface area contributed by atoms with E-state index in [0.29, 0.717) is 11.1 Å². The number of para-hydroxylation sites is 1. The van der Waals surface area contributed by atoms with Gasteiger partial charge in [-0.25, -0.2) is 8.42 Å². The van der Waals surface area contributed by atoms with Gasteiger partial charge >= 0.3 is 5.51 Å². The van der Waals surface area contributed by atoms with Gasteiger partial charge in [0.2, 0.25) is 11.4 Å². The summed E-state index contributed by atoms with van der Waals surface area (Å²) < 4.78 is 61.0. The molecular formula is C25H18F3NO4S. The van der Waals surface area contributed by atoms with Crippen molar-refractivity contribution in [2.75, 3.05) is 0 Å². The number of hydrogen-bond donors (Lipinski definition) is 0. The molecule has 0 bridgehead atoms. The van der Waals surface area contributed by atoms with Crippen molar-refractivity contribution in [3.63, 3.8) is 0 Å². The maximum absolute atomic E-state index is 12.9. The van der Waals surface area contributed by atoms with Crippen LogP contribution in [0.25, 0.3) is 16.9 Å². The van der Waals surface area contributed by atoms with Crippen molar-refractivity contribution < 1.29 is 35.5 Å². The predicted molar refractivity (Wildman–Crippen MR) is 119 cm³/mol. The lowest BCUT2D eigenvalue weighted by Crippen LogP contribution is -2.34. The Morgan fingerprint density at radius 2 is 1.18 bits per heavy atom. The van der Waals surface area contributed by atoms with E-state index in [1.54, 1.807) is 0 Å². The Bertz CT molecular complexity index is 1360. The summed E-state index contributed by atoms with van der Waals surface area (Å²) in [6.07, 6.45) is 1.92. The molecule has 0 spiro atoms. The van der Waals surface area contributed by atoms with Crippen LogP contribution in [0.5, 0.6) is 0 Å². The third-order valence-corrected chi connectivity index (χ3v) is 5.20. The average Bonchev–Trinajstić information content (AvgIpc) is 2.84. The van der Waals surface area contributed by atoms with Crippen LogP contribution in [-0.2, 0) is 10.1 Å². The van der Waals surface area contributed by atoms with Crippen LogP contribution in [0.2, 0.25) is 0 Å². The zero-order chi connectivity index (χ0) is 24.8. The van der Waals surface area contributed by atoms with E-state index in [1.807, 2.05) is 97.2 Å². The maximum Gasteiger partial charge on any atom is 0.485 e. The average molecular weight is 485 g/mol. The molecule has 174 valence electrons. The summed E-state index contributed by atoms with van der Waals surface area (Å²) in [6, 6.07) is 33.6. The van der Waals surface area contributed by atoms with Gasteiger partial charge in [0.25, 0.3) is 0 Å². The van der Waals surface area contributed by atoms with E-state index < -0.39 is 15.6 Å². The standard InChI is InChI=1S/C24H18NO.CHF3O3S/c26-24(20-12-6-2-7-13-20)21-16-17-23(19-10-4-1-5-11-19)25(18-21)22-14-8-3-9-15-22;2-1(3,4)8(5,6)7/h1-18H;(H,5,6,7)/q+1;/p-1. The van der Waals surface area contributed by atoms with E-state index in [2.05, 4.69) is 16.7 Å². The topological polar surface area (TPSA) is 78.1 Å². The highest BCUT2D eigenvalue weighted by Crippen LogP contribution is 2.20. The summed E-state index contributed by atoms with van der Waals surface area (Å²) in [4.78, 5) is 12.9. The summed E-state index contributed by atoms with van der Waals surface area (Å²) in [5.41, 5.74) is -1.11. The predicted octanol–water partition coefficient (Wildman–Crippen LogP) is 4.91. The van der Waals surface area contributed by atoms with Crippen molar-refractivity contribution in [1.82, 2.24) is 0 Å². The molecule has 4 aromatic rings. The highest BCUT2D eigenvalue weighted by atomic mass is 32.2. The molecule has 9 heteroatoms. The molecule has 4 rings (SSSR count). The molecular weight excluding hydrogens is 467 g/mol. The first kappa shape index (κ1) is 24.8. The molecule has 34 heavy (non-hydrogen) atoms. The number of pyridine rings is 1. The summed E-state index contributed by atoms with van der Waals surface area (Å²) in [6.45, 7) is 0.